The Balaban J connectivity index is 1.72. The maximum atomic E-state index is 5.36. The van der Waals surface area contributed by atoms with E-state index < -0.39 is 0 Å². The SMILES string of the molecule is c1ccc(-c2nc(NCc3ccco3)cc(-c3cccnc3)n2)nc1. The standard InChI is InChI=1S/C19H15N5O/c1-2-9-21-16(7-1)19-23-17(14-5-3-8-20-12-14)11-18(24-19)22-13-15-6-4-10-25-15/h1-12H,13H2,(H,22,23,24). The van der Waals surface area contributed by atoms with E-state index in [1.807, 2.05) is 48.5 Å². The third-order valence-electron chi connectivity index (χ3n) is 3.60. The highest BCUT2D eigenvalue weighted by molar-refractivity contribution is 5.65. The molecule has 0 spiro atoms. The minimum absolute atomic E-state index is 0.540. The summed E-state index contributed by atoms with van der Waals surface area (Å²) in [5.41, 5.74) is 2.42. The van der Waals surface area contributed by atoms with E-state index in [1.54, 1.807) is 24.9 Å². The second kappa shape index (κ2) is 6.92. The number of furan rings is 1. The molecule has 25 heavy (non-hydrogen) atoms. The fourth-order valence-corrected chi connectivity index (χ4v) is 2.40. The molecule has 0 aliphatic rings. The molecule has 0 aliphatic heterocycles. The van der Waals surface area contributed by atoms with Crippen LogP contribution in [0.2, 0.25) is 0 Å². The van der Waals surface area contributed by atoms with Crippen LogP contribution >= 0.6 is 0 Å². The molecule has 0 bridgehead atoms. The monoisotopic (exact) mass is 329 g/mol. The molecular weight excluding hydrogens is 314 g/mol. The maximum Gasteiger partial charge on any atom is 0.180 e. The summed E-state index contributed by atoms with van der Waals surface area (Å²) in [7, 11) is 0. The molecule has 0 aromatic carbocycles. The zero-order valence-corrected chi connectivity index (χ0v) is 13.3. The van der Waals surface area contributed by atoms with Crippen LogP contribution in [0.15, 0.2) is 77.8 Å². The Morgan fingerprint density at radius 2 is 1.92 bits per heavy atom. The van der Waals surface area contributed by atoms with E-state index in [9.17, 15) is 0 Å². The maximum absolute atomic E-state index is 5.36. The van der Waals surface area contributed by atoms with E-state index in [1.165, 1.54) is 0 Å². The third kappa shape index (κ3) is 3.53. The molecular formula is C19H15N5O. The van der Waals surface area contributed by atoms with Crippen LogP contribution in [0.25, 0.3) is 22.8 Å². The lowest BCUT2D eigenvalue weighted by atomic mass is 10.2. The van der Waals surface area contributed by atoms with Gasteiger partial charge in [-0.1, -0.05) is 6.07 Å². The lowest BCUT2D eigenvalue weighted by molar-refractivity contribution is 0.518. The first kappa shape index (κ1) is 15.0. The van der Waals surface area contributed by atoms with Crippen LogP contribution < -0.4 is 5.32 Å². The molecule has 4 aromatic rings. The van der Waals surface area contributed by atoms with Gasteiger partial charge in [-0.05, 0) is 36.4 Å². The van der Waals surface area contributed by atoms with Crippen molar-refractivity contribution in [2.45, 2.75) is 6.54 Å². The largest absolute Gasteiger partial charge is 0.467 e. The van der Waals surface area contributed by atoms with Gasteiger partial charge in [-0.25, -0.2) is 9.97 Å². The highest BCUT2D eigenvalue weighted by Crippen LogP contribution is 2.23. The summed E-state index contributed by atoms with van der Waals surface area (Å²) in [6.07, 6.45) is 6.89. The summed E-state index contributed by atoms with van der Waals surface area (Å²) < 4.78 is 5.36. The normalized spacial score (nSPS) is 10.6. The molecule has 0 unspecified atom stereocenters. The fraction of sp³-hybridized carbons (Fsp3) is 0.0526. The van der Waals surface area contributed by atoms with Crippen molar-refractivity contribution in [1.29, 1.82) is 0 Å². The van der Waals surface area contributed by atoms with Gasteiger partial charge >= 0.3 is 0 Å². The second-order valence-corrected chi connectivity index (χ2v) is 5.35. The highest BCUT2D eigenvalue weighted by Gasteiger charge is 2.10. The molecule has 122 valence electrons. The van der Waals surface area contributed by atoms with Crippen molar-refractivity contribution in [2.75, 3.05) is 5.32 Å². The summed E-state index contributed by atoms with van der Waals surface area (Å²) in [6, 6.07) is 15.2. The predicted octanol–water partition coefficient (Wildman–Crippen LogP) is 3.81. The van der Waals surface area contributed by atoms with Crippen molar-refractivity contribution in [1.82, 2.24) is 19.9 Å². The Kier molecular flexibility index (Phi) is 4.16. The van der Waals surface area contributed by atoms with Gasteiger partial charge in [0.2, 0.25) is 0 Å². The Hall–Kier alpha value is -3.54. The second-order valence-electron chi connectivity index (χ2n) is 5.35. The van der Waals surface area contributed by atoms with Crippen molar-refractivity contribution >= 4 is 5.82 Å². The topological polar surface area (TPSA) is 76.7 Å². The summed E-state index contributed by atoms with van der Waals surface area (Å²) in [5, 5.41) is 3.27. The third-order valence-corrected chi connectivity index (χ3v) is 3.60. The number of nitrogens with zero attached hydrogens (tertiary/aromatic N) is 4. The van der Waals surface area contributed by atoms with E-state index in [0.717, 1.165) is 17.0 Å². The molecule has 1 N–H and O–H groups in total. The van der Waals surface area contributed by atoms with E-state index in [0.29, 0.717) is 23.9 Å². The van der Waals surface area contributed by atoms with Gasteiger partial charge in [0.25, 0.3) is 0 Å². The Labute approximate surface area is 144 Å². The molecule has 6 heteroatoms. The van der Waals surface area contributed by atoms with Gasteiger partial charge < -0.3 is 9.73 Å². The van der Waals surface area contributed by atoms with E-state index in [-0.39, 0.29) is 0 Å². The van der Waals surface area contributed by atoms with Crippen molar-refractivity contribution in [3.05, 3.63) is 79.1 Å². The quantitative estimate of drug-likeness (QED) is 0.600. The number of nitrogens with one attached hydrogen (secondary N) is 1. The van der Waals surface area contributed by atoms with Gasteiger partial charge in [0.15, 0.2) is 5.82 Å². The fourth-order valence-electron chi connectivity index (χ4n) is 2.40. The van der Waals surface area contributed by atoms with E-state index in [2.05, 4.69) is 25.3 Å². The first-order valence-corrected chi connectivity index (χ1v) is 7.85. The molecule has 4 rings (SSSR count). The molecule has 0 saturated heterocycles. The molecule has 4 aromatic heterocycles. The number of rotatable bonds is 5. The van der Waals surface area contributed by atoms with Crippen LogP contribution in [0.1, 0.15) is 5.76 Å². The number of pyridine rings is 2. The van der Waals surface area contributed by atoms with Gasteiger partial charge in [0, 0.05) is 30.2 Å². The Bertz CT molecular complexity index is 882. The highest BCUT2D eigenvalue weighted by atomic mass is 16.3. The molecule has 0 radical (unpaired) electrons. The van der Waals surface area contributed by atoms with Crippen LogP contribution in [-0.4, -0.2) is 19.9 Å². The lowest BCUT2D eigenvalue weighted by Gasteiger charge is -2.09. The molecule has 0 atom stereocenters. The summed E-state index contributed by atoms with van der Waals surface area (Å²) in [5.74, 6) is 2.09. The summed E-state index contributed by atoms with van der Waals surface area (Å²) in [6.45, 7) is 0.540. The van der Waals surface area contributed by atoms with Gasteiger partial charge in [0.1, 0.15) is 17.3 Å². The smallest absolute Gasteiger partial charge is 0.180 e. The number of anilines is 1. The van der Waals surface area contributed by atoms with E-state index >= 15 is 0 Å². The van der Waals surface area contributed by atoms with Gasteiger partial charge in [-0.2, -0.15) is 0 Å². The van der Waals surface area contributed by atoms with Crippen LogP contribution in [0, 0.1) is 0 Å². The summed E-state index contributed by atoms with van der Waals surface area (Å²) in [4.78, 5) is 17.7. The Morgan fingerprint density at radius 3 is 2.68 bits per heavy atom. The average Bonchev–Trinajstić information content (AvgIpc) is 3.21. The van der Waals surface area contributed by atoms with Crippen LogP contribution in [0.4, 0.5) is 5.82 Å². The predicted molar refractivity (Wildman–Crippen MR) is 94.5 cm³/mol. The lowest BCUT2D eigenvalue weighted by Crippen LogP contribution is -2.04. The molecule has 6 nitrogen and oxygen atoms in total. The van der Waals surface area contributed by atoms with Gasteiger partial charge in [0.05, 0.1) is 18.5 Å². The zero-order chi connectivity index (χ0) is 16.9. The van der Waals surface area contributed by atoms with Crippen molar-refractivity contribution in [2.24, 2.45) is 0 Å². The van der Waals surface area contributed by atoms with Crippen LogP contribution in [0.3, 0.4) is 0 Å². The summed E-state index contributed by atoms with van der Waals surface area (Å²) >= 11 is 0. The molecule has 0 amide bonds. The molecule has 4 heterocycles. The van der Waals surface area contributed by atoms with E-state index in [4.69, 9.17) is 4.42 Å². The van der Waals surface area contributed by atoms with Crippen molar-refractivity contribution in [3.8, 4) is 22.8 Å². The van der Waals surface area contributed by atoms with Crippen LogP contribution in [-0.2, 0) is 6.54 Å². The number of hydrogen-bond donors (Lipinski definition) is 1. The van der Waals surface area contributed by atoms with Gasteiger partial charge in [-0.15, -0.1) is 0 Å². The number of aromatic nitrogens is 4. The van der Waals surface area contributed by atoms with Crippen molar-refractivity contribution < 1.29 is 4.42 Å². The minimum atomic E-state index is 0.540. The number of hydrogen-bond acceptors (Lipinski definition) is 6. The van der Waals surface area contributed by atoms with Crippen LogP contribution in [0.5, 0.6) is 0 Å². The van der Waals surface area contributed by atoms with Crippen molar-refractivity contribution in [3.63, 3.8) is 0 Å². The molecule has 0 aliphatic carbocycles. The minimum Gasteiger partial charge on any atom is -0.467 e. The van der Waals surface area contributed by atoms with Gasteiger partial charge in [-0.3, -0.25) is 9.97 Å². The molecule has 0 saturated carbocycles. The molecule has 0 fully saturated rings. The zero-order valence-electron chi connectivity index (χ0n) is 13.3. The Morgan fingerprint density at radius 1 is 0.920 bits per heavy atom. The average molecular weight is 329 g/mol. The first-order chi connectivity index (χ1) is 12.4. The first-order valence-electron chi connectivity index (χ1n) is 7.85.